The highest BCUT2D eigenvalue weighted by Gasteiger charge is 2.33. The van der Waals surface area contributed by atoms with Crippen LogP contribution in [0.25, 0.3) is 0 Å². The summed E-state index contributed by atoms with van der Waals surface area (Å²) in [6, 6.07) is 5.64. The van der Waals surface area contributed by atoms with Crippen LogP contribution in [0.15, 0.2) is 23.2 Å². The van der Waals surface area contributed by atoms with E-state index in [1.54, 1.807) is 12.1 Å². The van der Waals surface area contributed by atoms with Crippen LogP contribution in [-0.4, -0.2) is 35.0 Å². The summed E-state index contributed by atoms with van der Waals surface area (Å²) >= 11 is 0. The topological polar surface area (TPSA) is 68.0 Å². The summed E-state index contributed by atoms with van der Waals surface area (Å²) in [4.78, 5) is 17.3. The summed E-state index contributed by atoms with van der Waals surface area (Å²) in [7, 11) is 0. The van der Waals surface area contributed by atoms with E-state index in [4.69, 9.17) is 4.74 Å². The lowest BCUT2D eigenvalue weighted by molar-refractivity contribution is -0.384. The second-order valence-corrected chi connectivity index (χ2v) is 6.79. The van der Waals surface area contributed by atoms with Gasteiger partial charge in [-0.25, -0.2) is 0 Å². The highest BCUT2D eigenvalue weighted by atomic mass is 16.6. The molecule has 0 N–H and O–H groups in total. The molecular formula is C17H25N3O3. The van der Waals surface area contributed by atoms with Crippen LogP contribution in [0.4, 0.5) is 11.4 Å². The van der Waals surface area contributed by atoms with Gasteiger partial charge >= 0.3 is 0 Å². The minimum absolute atomic E-state index is 0.0814. The zero-order valence-corrected chi connectivity index (χ0v) is 14.4. The Morgan fingerprint density at radius 2 is 2.09 bits per heavy atom. The summed E-state index contributed by atoms with van der Waals surface area (Å²) in [6.45, 7) is 12.1. The molecule has 0 aliphatic carbocycles. The molecule has 126 valence electrons. The molecule has 1 atom stereocenters. The van der Waals surface area contributed by atoms with Gasteiger partial charge in [-0.1, -0.05) is 27.7 Å². The largest absolute Gasteiger partial charge is 0.463 e. The molecule has 1 aliphatic heterocycles. The van der Waals surface area contributed by atoms with Crippen LogP contribution in [0, 0.1) is 28.9 Å². The predicted molar refractivity (Wildman–Crippen MR) is 91.1 cm³/mol. The smallest absolute Gasteiger partial charge is 0.293 e. The maximum absolute atomic E-state index is 10.8. The van der Waals surface area contributed by atoms with E-state index in [1.165, 1.54) is 6.07 Å². The van der Waals surface area contributed by atoms with Crippen LogP contribution in [0.1, 0.15) is 33.3 Å². The lowest BCUT2D eigenvalue weighted by atomic mass is 10.0. The summed E-state index contributed by atoms with van der Waals surface area (Å²) in [5.74, 6) is 0.973. The summed E-state index contributed by atoms with van der Waals surface area (Å²) in [5.41, 5.74) is 1.56. The van der Waals surface area contributed by atoms with E-state index in [1.807, 2.05) is 6.92 Å². The Balaban J connectivity index is 2.31. The molecule has 0 saturated carbocycles. The minimum Gasteiger partial charge on any atom is -0.463 e. The van der Waals surface area contributed by atoms with Gasteiger partial charge in [-0.2, -0.15) is 4.99 Å². The van der Waals surface area contributed by atoms with Crippen molar-refractivity contribution in [1.82, 2.24) is 4.90 Å². The molecule has 6 heteroatoms. The summed E-state index contributed by atoms with van der Waals surface area (Å²) < 4.78 is 5.82. The van der Waals surface area contributed by atoms with Gasteiger partial charge in [0.1, 0.15) is 6.61 Å². The Hall–Kier alpha value is -2.11. The average Bonchev–Trinajstić information content (AvgIpc) is 2.83. The van der Waals surface area contributed by atoms with Crippen LogP contribution in [0.3, 0.4) is 0 Å². The van der Waals surface area contributed by atoms with Crippen LogP contribution < -0.4 is 0 Å². The van der Waals surface area contributed by atoms with Crippen molar-refractivity contribution in [2.45, 2.75) is 40.7 Å². The fourth-order valence-electron chi connectivity index (χ4n) is 2.71. The molecule has 1 heterocycles. The Kier molecular flexibility index (Phi) is 5.23. The first-order chi connectivity index (χ1) is 10.8. The molecule has 0 spiro atoms. The lowest BCUT2D eigenvalue weighted by Gasteiger charge is -2.27. The first-order valence-corrected chi connectivity index (χ1v) is 8.02. The van der Waals surface area contributed by atoms with Crippen molar-refractivity contribution in [3.63, 3.8) is 0 Å². The molecule has 1 fully saturated rings. The third kappa shape index (κ3) is 4.00. The van der Waals surface area contributed by atoms with E-state index in [0.29, 0.717) is 36.2 Å². The Morgan fingerprint density at radius 3 is 2.61 bits per heavy atom. The fraction of sp³-hybridized carbons (Fsp3) is 0.588. The molecule has 6 nitrogen and oxygen atoms in total. The van der Waals surface area contributed by atoms with Crippen molar-refractivity contribution in [2.75, 3.05) is 13.2 Å². The normalized spacial score (nSPS) is 19.7. The average molecular weight is 319 g/mol. The van der Waals surface area contributed by atoms with Gasteiger partial charge in [0.15, 0.2) is 0 Å². The summed E-state index contributed by atoms with van der Waals surface area (Å²) in [6.07, 6.45) is 0. The molecular weight excluding hydrogens is 294 g/mol. The Labute approximate surface area is 137 Å². The molecule has 0 aromatic heterocycles. The van der Waals surface area contributed by atoms with Gasteiger partial charge in [0.05, 0.1) is 16.7 Å². The van der Waals surface area contributed by atoms with Crippen LogP contribution >= 0.6 is 0 Å². The van der Waals surface area contributed by atoms with E-state index in [-0.39, 0.29) is 5.69 Å². The second-order valence-electron chi connectivity index (χ2n) is 6.79. The lowest BCUT2D eigenvalue weighted by Crippen LogP contribution is -2.40. The van der Waals surface area contributed by atoms with Gasteiger partial charge in [0.2, 0.25) is 0 Å². The number of hydrogen-bond acceptors (Lipinski definition) is 4. The van der Waals surface area contributed by atoms with Crippen molar-refractivity contribution < 1.29 is 9.66 Å². The summed E-state index contributed by atoms with van der Waals surface area (Å²) in [5, 5.41) is 10.8. The second kappa shape index (κ2) is 6.98. The van der Waals surface area contributed by atoms with Crippen LogP contribution in [0.2, 0.25) is 0 Å². The van der Waals surface area contributed by atoms with E-state index >= 15 is 0 Å². The number of hydrogen-bond donors (Lipinski definition) is 0. The Morgan fingerprint density at radius 1 is 1.39 bits per heavy atom. The van der Waals surface area contributed by atoms with Gasteiger partial charge in [-0.3, -0.25) is 10.1 Å². The SMILES string of the molecule is Cc1cc([N+](=O)[O-])ccc1/N=C1\OC[C@H](C(C)C)N1CC(C)C. The standard InChI is InChI=1S/C17H25N3O3/c1-11(2)9-19-16(12(3)4)10-23-17(19)18-15-7-6-14(20(21)22)8-13(15)5/h6-8,11-12,16H,9-10H2,1-5H3/b18-17-/t16-/m1/s1. The van der Waals surface area contributed by atoms with Gasteiger partial charge in [-0.05, 0) is 30.4 Å². The molecule has 0 amide bonds. The number of non-ortho nitro benzene ring substituents is 1. The molecule has 0 unspecified atom stereocenters. The predicted octanol–water partition coefficient (Wildman–Crippen LogP) is 3.90. The number of benzene rings is 1. The third-order valence-electron chi connectivity index (χ3n) is 3.97. The van der Waals surface area contributed by atoms with E-state index in [2.05, 4.69) is 37.6 Å². The fourth-order valence-corrected chi connectivity index (χ4v) is 2.71. The monoisotopic (exact) mass is 319 g/mol. The number of aliphatic imine (C=N–C) groups is 1. The quantitative estimate of drug-likeness (QED) is 0.609. The number of aryl methyl sites for hydroxylation is 1. The van der Waals surface area contributed by atoms with Gasteiger partial charge in [0.25, 0.3) is 11.7 Å². The number of nitro benzene ring substituents is 1. The molecule has 23 heavy (non-hydrogen) atoms. The molecule has 0 bridgehead atoms. The number of rotatable bonds is 5. The number of nitrogens with zero attached hydrogens (tertiary/aromatic N) is 3. The maximum Gasteiger partial charge on any atom is 0.293 e. The molecule has 1 saturated heterocycles. The van der Waals surface area contributed by atoms with Crippen molar-refractivity contribution in [2.24, 2.45) is 16.8 Å². The molecule has 0 radical (unpaired) electrons. The Bertz CT molecular complexity index is 611. The minimum atomic E-state index is -0.393. The van der Waals surface area contributed by atoms with Crippen molar-refractivity contribution in [1.29, 1.82) is 0 Å². The molecule has 1 aliphatic rings. The van der Waals surface area contributed by atoms with Crippen LogP contribution in [-0.2, 0) is 4.74 Å². The van der Waals surface area contributed by atoms with Crippen molar-refractivity contribution >= 4 is 17.4 Å². The zero-order chi connectivity index (χ0) is 17.1. The molecule has 1 aromatic rings. The third-order valence-corrected chi connectivity index (χ3v) is 3.97. The molecule has 1 aromatic carbocycles. The number of ether oxygens (including phenoxy) is 1. The van der Waals surface area contributed by atoms with Gasteiger partial charge in [-0.15, -0.1) is 0 Å². The van der Waals surface area contributed by atoms with Crippen molar-refractivity contribution in [3.05, 3.63) is 33.9 Å². The van der Waals surface area contributed by atoms with E-state index in [9.17, 15) is 10.1 Å². The maximum atomic E-state index is 10.8. The van der Waals surface area contributed by atoms with Crippen LogP contribution in [0.5, 0.6) is 0 Å². The zero-order valence-electron chi connectivity index (χ0n) is 14.4. The first-order valence-electron chi connectivity index (χ1n) is 8.02. The number of amidine groups is 1. The number of nitro groups is 1. The van der Waals surface area contributed by atoms with E-state index < -0.39 is 4.92 Å². The highest BCUT2D eigenvalue weighted by Crippen LogP contribution is 2.27. The van der Waals surface area contributed by atoms with Gasteiger partial charge in [0, 0.05) is 18.7 Å². The van der Waals surface area contributed by atoms with Crippen molar-refractivity contribution in [3.8, 4) is 0 Å². The van der Waals surface area contributed by atoms with Gasteiger partial charge < -0.3 is 9.64 Å². The van der Waals surface area contributed by atoms with E-state index in [0.717, 1.165) is 12.1 Å². The highest BCUT2D eigenvalue weighted by molar-refractivity contribution is 5.80. The molecule has 2 rings (SSSR count). The first kappa shape index (κ1) is 17.2.